The summed E-state index contributed by atoms with van der Waals surface area (Å²) in [7, 11) is 0. The van der Waals surface area contributed by atoms with Gasteiger partial charge < -0.3 is 30.4 Å². The molecular weight excluding hydrogens is 490 g/mol. The number of benzene rings is 2. The van der Waals surface area contributed by atoms with E-state index in [-0.39, 0.29) is 0 Å². The Morgan fingerprint density at radius 1 is 0.919 bits per heavy atom. The second-order valence-corrected chi connectivity index (χ2v) is 9.43. The molecule has 0 spiro atoms. The molecule has 2 saturated heterocycles. The molecule has 0 aliphatic carbocycles. The quantitative estimate of drug-likeness (QED) is 0.362. The van der Waals surface area contributed by atoms with Crippen molar-refractivity contribution in [3.63, 3.8) is 0 Å². The molecule has 0 saturated carbocycles. The zero-order valence-electron chi connectivity index (χ0n) is 20.8. The van der Waals surface area contributed by atoms with Crippen molar-refractivity contribution in [2.45, 2.75) is 0 Å². The number of hydrogen-bond donors (Lipinski definition) is 3. The van der Waals surface area contributed by atoms with Crippen molar-refractivity contribution in [1.29, 1.82) is 5.41 Å². The molecule has 10 heteroatoms. The molecule has 1 aromatic heterocycles. The number of anilines is 4. The van der Waals surface area contributed by atoms with Gasteiger partial charge in [0.15, 0.2) is 0 Å². The summed E-state index contributed by atoms with van der Waals surface area (Å²) >= 11 is 6.06. The number of nitrogens with one attached hydrogen (secondary N) is 3. The highest BCUT2D eigenvalue weighted by Crippen LogP contribution is 2.29. The first-order chi connectivity index (χ1) is 18.2. The SMILES string of the molecule is N=Cc1ccc(-c2cc(Nc3ccc(Cl)cc3)nc(N3CCOCC3)n2)cc1NCCN1CCOCC1. The number of rotatable bonds is 9. The summed E-state index contributed by atoms with van der Waals surface area (Å²) in [4.78, 5) is 14.3. The first-order valence-corrected chi connectivity index (χ1v) is 13.0. The van der Waals surface area contributed by atoms with Gasteiger partial charge in [-0.3, -0.25) is 4.90 Å². The highest BCUT2D eigenvalue weighted by atomic mass is 35.5. The Labute approximate surface area is 222 Å². The van der Waals surface area contributed by atoms with E-state index >= 15 is 0 Å². The fraction of sp³-hybridized carbons (Fsp3) is 0.370. The molecule has 37 heavy (non-hydrogen) atoms. The van der Waals surface area contributed by atoms with E-state index in [4.69, 9.17) is 36.5 Å². The van der Waals surface area contributed by atoms with Gasteiger partial charge in [-0.2, -0.15) is 4.98 Å². The van der Waals surface area contributed by atoms with E-state index in [1.807, 2.05) is 42.5 Å². The predicted molar refractivity (Wildman–Crippen MR) is 149 cm³/mol. The van der Waals surface area contributed by atoms with Gasteiger partial charge in [-0.25, -0.2) is 4.98 Å². The third-order valence-electron chi connectivity index (χ3n) is 6.48. The Balaban J connectivity index is 1.41. The average Bonchev–Trinajstić information content (AvgIpc) is 2.95. The molecule has 0 radical (unpaired) electrons. The molecule has 194 valence electrons. The minimum absolute atomic E-state index is 0.652. The van der Waals surface area contributed by atoms with Gasteiger partial charge in [-0.15, -0.1) is 0 Å². The molecule has 2 aromatic carbocycles. The molecule has 0 bridgehead atoms. The Morgan fingerprint density at radius 2 is 1.65 bits per heavy atom. The number of nitrogens with zero attached hydrogens (tertiary/aromatic N) is 4. The number of ether oxygens (including phenoxy) is 2. The minimum Gasteiger partial charge on any atom is -0.383 e. The molecule has 0 amide bonds. The molecule has 0 atom stereocenters. The van der Waals surface area contributed by atoms with Crippen molar-refractivity contribution in [3.8, 4) is 11.3 Å². The average molecular weight is 522 g/mol. The van der Waals surface area contributed by atoms with Crippen molar-refractivity contribution < 1.29 is 9.47 Å². The fourth-order valence-corrected chi connectivity index (χ4v) is 4.53. The highest BCUT2D eigenvalue weighted by molar-refractivity contribution is 6.30. The van der Waals surface area contributed by atoms with Crippen LogP contribution in [0.5, 0.6) is 0 Å². The summed E-state index contributed by atoms with van der Waals surface area (Å²) in [5.74, 6) is 1.36. The van der Waals surface area contributed by atoms with Crippen LogP contribution in [0.3, 0.4) is 0 Å². The standard InChI is InChI=1S/C27H32ClN7O2/c28-22-3-5-23(6-4-22)31-26-18-25(32-27(33-26)35-11-15-37-16-12-35)20-1-2-21(19-29)24(17-20)30-7-8-34-9-13-36-14-10-34/h1-6,17-19,29-30H,7-16H2,(H,31,32,33). The Bertz CT molecular complexity index is 1200. The highest BCUT2D eigenvalue weighted by Gasteiger charge is 2.17. The fourth-order valence-electron chi connectivity index (χ4n) is 4.40. The van der Waals surface area contributed by atoms with E-state index in [1.165, 1.54) is 6.21 Å². The molecule has 2 fully saturated rings. The predicted octanol–water partition coefficient (Wildman–Crippen LogP) is 4.12. The molecule has 3 N–H and O–H groups in total. The van der Waals surface area contributed by atoms with Crippen LogP contribution in [0.1, 0.15) is 5.56 Å². The van der Waals surface area contributed by atoms with Crippen LogP contribution >= 0.6 is 11.6 Å². The molecular formula is C27H32ClN7O2. The Hall–Kier alpha value is -3.24. The van der Waals surface area contributed by atoms with Crippen molar-refractivity contribution in [2.75, 3.05) is 81.2 Å². The molecule has 0 unspecified atom stereocenters. The van der Waals surface area contributed by atoms with Crippen LogP contribution < -0.4 is 15.5 Å². The van der Waals surface area contributed by atoms with Crippen LogP contribution in [0.15, 0.2) is 48.5 Å². The second kappa shape index (κ2) is 12.3. The third kappa shape index (κ3) is 6.75. The smallest absolute Gasteiger partial charge is 0.228 e. The lowest BCUT2D eigenvalue weighted by molar-refractivity contribution is 0.0398. The summed E-state index contributed by atoms with van der Waals surface area (Å²) in [5.41, 5.74) is 4.41. The van der Waals surface area contributed by atoms with E-state index in [0.717, 1.165) is 80.7 Å². The van der Waals surface area contributed by atoms with Gasteiger partial charge in [0.1, 0.15) is 5.82 Å². The monoisotopic (exact) mass is 521 g/mol. The van der Waals surface area contributed by atoms with Gasteiger partial charge in [0, 0.05) is 79.1 Å². The Morgan fingerprint density at radius 3 is 2.38 bits per heavy atom. The van der Waals surface area contributed by atoms with E-state index in [9.17, 15) is 0 Å². The Kier molecular flexibility index (Phi) is 8.47. The van der Waals surface area contributed by atoms with Crippen molar-refractivity contribution in [3.05, 3.63) is 59.1 Å². The molecule has 3 aromatic rings. The zero-order chi connectivity index (χ0) is 25.5. The number of morpholine rings is 2. The van der Waals surface area contributed by atoms with Gasteiger partial charge in [0.25, 0.3) is 0 Å². The second-order valence-electron chi connectivity index (χ2n) is 9.00. The number of aromatic nitrogens is 2. The van der Waals surface area contributed by atoms with Gasteiger partial charge in [0.05, 0.1) is 32.1 Å². The van der Waals surface area contributed by atoms with Gasteiger partial charge in [-0.1, -0.05) is 23.7 Å². The van der Waals surface area contributed by atoms with Crippen LogP contribution in [-0.2, 0) is 9.47 Å². The molecule has 3 heterocycles. The lowest BCUT2D eigenvalue weighted by atomic mass is 10.1. The summed E-state index contributed by atoms with van der Waals surface area (Å²) < 4.78 is 11.0. The van der Waals surface area contributed by atoms with E-state index < -0.39 is 0 Å². The van der Waals surface area contributed by atoms with Crippen LogP contribution in [0.4, 0.5) is 23.1 Å². The van der Waals surface area contributed by atoms with Crippen LogP contribution in [0.25, 0.3) is 11.3 Å². The van der Waals surface area contributed by atoms with Crippen molar-refractivity contribution in [2.24, 2.45) is 0 Å². The van der Waals surface area contributed by atoms with Gasteiger partial charge in [-0.05, 0) is 30.3 Å². The largest absolute Gasteiger partial charge is 0.383 e. The van der Waals surface area contributed by atoms with Crippen molar-refractivity contribution in [1.82, 2.24) is 14.9 Å². The summed E-state index contributed by atoms with van der Waals surface area (Å²) in [6, 6.07) is 15.5. The molecule has 2 aliphatic heterocycles. The maximum Gasteiger partial charge on any atom is 0.228 e. The summed E-state index contributed by atoms with van der Waals surface area (Å²) in [6.45, 7) is 7.97. The topological polar surface area (TPSA) is 98.6 Å². The molecule has 2 aliphatic rings. The normalized spacial score (nSPS) is 16.4. The maximum absolute atomic E-state index is 7.88. The van der Waals surface area contributed by atoms with Crippen LogP contribution in [-0.4, -0.2) is 86.8 Å². The summed E-state index contributed by atoms with van der Waals surface area (Å²) in [5, 5.41) is 15.5. The number of halogens is 1. The lowest BCUT2D eigenvalue weighted by Crippen LogP contribution is -2.39. The summed E-state index contributed by atoms with van der Waals surface area (Å²) in [6.07, 6.45) is 1.38. The van der Waals surface area contributed by atoms with Crippen LogP contribution in [0.2, 0.25) is 5.02 Å². The lowest BCUT2D eigenvalue weighted by Gasteiger charge is -2.27. The van der Waals surface area contributed by atoms with Gasteiger partial charge in [0.2, 0.25) is 5.95 Å². The minimum atomic E-state index is 0.652. The maximum atomic E-state index is 7.88. The first-order valence-electron chi connectivity index (χ1n) is 12.6. The van der Waals surface area contributed by atoms with E-state index in [2.05, 4.69) is 26.5 Å². The van der Waals surface area contributed by atoms with Crippen LogP contribution in [0, 0.1) is 5.41 Å². The molecule has 9 nitrogen and oxygen atoms in total. The van der Waals surface area contributed by atoms with Crippen molar-refractivity contribution >= 4 is 41.0 Å². The van der Waals surface area contributed by atoms with Gasteiger partial charge >= 0.3 is 0 Å². The third-order valence-corrected chi connectivity index (χ3v) is 6.73. The number of hydrogen-bond acceptors (Lipinski definition) is 9. The molecule has 5 rings (SSSR count). The zero-order valence-corrected chi connectivity index (χ0v) is 21.5. The first kappa shape index (κ1) is 25.4. The van der Waals surface area contributed by atoms with E-state index in [0.29, 0.717) is 30.0 Å². The van der Waals surface area contributed by atoms with E-state index in [1.54, 1.807) is 0 Å².